The number of rotatable bonds is 11. The SMILES string of the molecule is CCS(=O)(=O)NC(CN1CCC(CC(=O)CC(c2cccc(F)c2)c2cccc(F)c2)CC1)C(C)(C)C. The fourth-order valence-electron chi connectivity index (χ4n) is 4.93. The molecule has 2 aromatic rings. The van der Waals surface area contributed by atoms with Gasteiger partial charge < -0.3 is 4.90 Å². The van der Waals surface area contributed by atoms with E-state index >= 15 is 0 Å². The maximum Gasteiger partial charge on any atom is 0.211 e. The highest BCUT2D eigenvalue weighted by Crippen LogP contribution is 2.32. The lowest BCUT2D eigenvalue weighted by atomic mass is 9.83. The highest BCUT2D eigenvalue weighted by atomic mass is 32.2. The lowest BCUT2D eigenvalue weighted by Gasteiger charge is -2.38. The molecule has 1 aliphatic rings. The zero-order valence-electron chi connectivity index (χ0n) is 22.3. The van der Waals surface area contributed by atoms with Crippen LogP contribution in [-0.2, 0) is 14.8 Å². The molecule has 0 amide bonds. The number of piperidine rings is 1. The Morgan fingerprint density at radius 2 is 1.57 bits per heavy atom. The monoisotopic (exact) mass is 534 g/mol. The molecule has 8 heteroatoms. The highest BCUT2D eigenvalue weighted by Gasteiger charge is 2.32. The van der Waals surface area contributed by atoms with Gasteiger partial charge in [0, 0.05) is 31.3 Å². The molecule has 5 nitrogen and oxygen atoms in total. The number of likely N-dealkylation sites (tertiary alicyclic amines) is 1. The van der Waals surface area contributed by atoms with E-state index in [0.717, 1.165) is 25.9 Å². The maximum atomic E-state index is 13.9. The number of benzene rings is 2. The molecule has 0 saturated carbocycles. The minimum absolute atomic E-state index is 0.0516. The Balaban J connectivity index is 1.60. The quantitative estimate of drug-likeness (QED) is 0.413. The van der Waals surface area contributed by atoms with E-state index in [0.29, 0.717) is 24.1 Å². The average Bonchev–Trinajstić information content (AvgIpc) is 2.82. The first kappa shape index (κ1) is 29.4. The molecule has 0 aromatic heterocycles. The van der Waals surface area contributed by atoms with Crippen LogP contribution in [-0.4, -0.2) is 50.5 Å². The molecule has 0 spiro atoms. The van der Waals surface area contributed by atoms with Crippen LogP contribution in [0.5, 0.6) is 0 Å². The van der Waals surface area contributed by atoms with E-state index < -0.39 is 15.9 Å². The number of hydrogen-bond donors (Lipinski definition) is 1. The summed E-state index contributed by atoms with van der Waals surface area (Å²) in [5, 5.41) is 0. The van der Waals surface area contributed by atoms with E-state index in [1.54, 1.807) is 31.2 Å². The second kappa shape index (κ2) is 12.6. The fourth-order valence-corrected chi connectivity index (χ4v) is 5.96. The van der Waals surface area contributed by atoms with Gasteiger partial charge in [-0.3, -0.25) is 4.79 Å². The predicted octanol–water partition coefficient (Wildman–Crippen LogP) is 5.51. The summed E-state index contributed by atoms with van der Waals surface area (Å²) >= 11 is 0. The first-order valence-electron chi connectivity index (χ1n) is 13.1. The normalized spacial score (nSPS) is 16.7. The maximum absolute atomic E-state index is 13.9. The van der Waals surface area contributed by atoms with Gasteiger partial charge in [-0.1, -0.05) is 45.0 Å². The van der Waals surface area contributed by atoms with Crippen LogP contribution in [0.25, 0.3) is 0 Å². The van der Waals surface area contributed by atoms with Gasteiger partial charge in [0.2, 0.25) is 10.0 Å². The number of sulfonamides is 1. The minimum atomic E-state index is -3.31. The smallest absolute Gasteiger partial charge is 0.211 e. The van der Waals surface area contributed by atoms with Crippen molar-refractivity contribution in [3.63, 3.8) is 0 Å². The molecular formula is C29H40F2N2O3S. The fraction of sp³-hybridized carbons (Fsp3) is 0.552. The standard InChI is InChI=1S/C29H40F2N2O3S/c1-5-37(35,36)32-28(29(2,3)4)20-33-14-12-21(13-15-33)16-26(34)19-27(22-8-6-10-24(30)17-22)23-9-7-11-25(31)18-23/h6-11,17-18,21,27-28,32H,5,12-16,19-20H2,1-4H3. The Morgan fingerprint density at radius 3 is 2.03 bits per heavy atom. The molecular weight excluding hydrogens is 494 g/mol. The minimum Gasteiger partial charge on any atom is -0.302 e. The molecule has 0 radical (unpaired) electrons. The number of nitrogens with one attached hydrogen (secondary N) is 1. The van der Waals surface area contributed by atoms with Crippen molar-refractivity contribution in [2.45, 2.75) is 65.3 Å². The molecule has 1 unspecified atom stereocenters. The van der Waals surface area contributed by atoms with Gasteiger partial charge in [0.25, 0.3) is 0 Å². The largest absolute Gasteiger partial charge is 0.302 e. The van der Waals surface area contributed by atoms with Crippen molar-refractivity contribution in [2.75, 3.05) is 25.4 Å². The molecule has 0 aliphatic carbocycles. The third-order valence-electron chi connectivity index (χ3n) is 7.35. The van der Waals surface area contributed by atoms with Crippen molar-refractivity contribution in [2.24, 2.45) is 11.3 Å². The van der Waals surface area contributed by atoms with E-state index in [2.05, 4.69) is 9.62 Å². The number of hydrogen-bond acceptors (Lipinski definition) is 4. The average molecular weight is 535 g/mol. The van der Waals surface area contributed by atoms with Gasteiger partial charge in [-0.25, -0.2) is 21.9 Å². The molecule has 1 heterocycles. The Bertz CT molecular complexity index is 1110. The van der Waals surface area contributed by atoms with Crippen molar-refractivity contribution in [3.8, 4) is 0 Å². The van der Waals surface area contributed by atoms with Crippen LogP contribution >= 0.6 is 0 Å². The number of halogens is 2. The number of Topliss-reactive ketones (excluding diaryl/α,β-unsaturated/α-hetero) is 1. The molecule has 3 rings (SSSR count). The van der Waals surface area contributed by atoms with Crippen LogP contribution in [0.1, 0.15) is 70.4 Å². The second-order valence-corrected chi connectivity index (χ2v) is 13.3. The van der Waals surface area contributed by atoms with Crippen molar-refractivity contribution >= 4 is 15.8 Å². The molecule has 1 fully saturated rings. The summed E-state index contributed by atoms with van der Waals surface area (Å²) in [6.45, 7) is 9.98. The number of carbonyl (C=O) groups excluding carboxylic acids is 1. The molecule has 2 aromatic carbocycles. The van der Waals surface area contributed by atoms with Crippen molar-refractivity contribution in [3.05, 3.63) is 71.3 Å². The summed E-state index contributed by atoms with van der Waals surface area (Å²) in [6.07, 6.45) is 2.33. The van der Waals surface area contributed by atoms with Gasteiger partial charge >= 0.3 is 0 Å². The van der Waals surface area contributed by atoms with Crippen LogP contribution in [0.15, 0.2) is 48.5 Å². The first-order valence-corrected chi connectivity index (χ1v) is 14.8. The Kier molecular flexibility index (Phi) is 10.0. The van der Waals surface area contributed by atoms with Gasteiger partial charge in [-0.15, -0.1) is 0 Å². The van der Waals surface area contributed by atoms with Crippen molar-refractivity contribution in [1.29, 1.82) is 0 Å². The third-order valence-corrected chi connectivity index (χ3v) is 8.75. The molecule has 37 heavy (non-hydrogen) atoms. The summed E-state index contributed by atoms with van der Waals surface area (Å²) in [7, 11) is -3.31. The summed E-state index contributed by atoms with van der Waals surface area (Å²) < 4.78 is 55.1. The molecule has 1 N–H and O–H groups in total. The third kappa shape index (κ3) is 8.97. The number of carbonyl (C=O) groups is 1. The van der Waals surface area contributed by atoms with Crippen LogP contribution in [0.3, 0.4) is 0 Å². The van der Waals surface area contributed by atoms with E-state index in [1.807, 2.05) is 20.8 Å². The van der Waals surface area contributed by atoms with Crippen LogP contribution < -0.4 is 4.72 Å². The number of ketones is 1. The lowest BCUT2D eigenvalue weighted by Crippen LogP contribution is -2.52. The van der Waals surface area contributed by atoms with E-state index in [4.69, 9.17) is 0 Å². The second-order valence-electron chi connectivity index (χ2n) is 11.3. The zero-order chi connectivity index (χ0) is 27.2. The summed E-state index contributed by atoms with van der Waals surface area (Å²) in [4.78, 5) is 15.4. The van der Waals surface area contributed by atoms with Gasteiger partial charge in [0.15, 0.2) is 0 Å². The van der Waals surface area contributed by atoms with Crippen molar-refractivity contribution < 1.29 is 22.0 Å². The lowest BCUT2D eigenvalue weighted by molar-refractivity contribution is -0.120. The van der Waals surface area contributed by atoms with E-state index in [1.165, 1.54) is 24.3 Å². The first-order chi connectivity index (χ1) is 17.4. The van der Waals surface area contributed by atoms with Gasteiger partial charge in [0.1, 0.15) is 17.4 Å². The van der Waals surface area contributed by atoms with Crippen LogP contribution in [0.2, 0.25) is 0 Å². The summed E-state index contributed by atoms with van der Waals surface area (Å²) in [5.74, 6) is -0.791. The predicted molar refractivity (Wildman–Crippen MR) is 144 cm³/mol. The van der Waals surface area contributed by atoms with Gasteiger partial charge in [-0.05, 0) is 79.6 Å². The summed E-state index contributed by atoms with van der Waals surface area (Å²) in [5.41, 5.74) is 1.10. The van der Waals surface area contributed by atoms with Crippen LogP contribution in [0.4, 0.5) is 8.78 Å². The Morgan fingerprint density at radius 1 is 1.03 bits per heavy atom. The van der Waals surface area contributed by atoms with Crippen molar-refractivity contribution in [1.82, 2.24) is 9.62 Å². The highest BCUT2D eigenvalue weighted by molar-refractivity contribution is 7.89. The molecule has 204 valence electrons. The Hall–Kier alpha value is -2.16. The number of nitrogens with zero attached hydrogens (tertiary/aromatic N) is 1. The van der Waals surface area contributed by atoms with Gasteiger partial charge in [-0.2, -0.15) is 0 Å². The van der Waals surface area contributed by atoms with Crippen LogP contribution in [0, 0.1) is 23.0 Å². The van der Waals surface area contributed by atoms with Gasteiger partial charge in [0.05, 0.1) is 5.75 Å². The molecule has 1 atom stereocenters. The zero-order valence-corrected chi connectivity index (χ0v) is 23.2. The Labute approximate surface area is 220 Å². The topological polar surface area (TPSA) is 66.5 Å². The summed E-state index contributed by atoms with van der Waals surface area (Å²) in [6, 6.07) is 12.1. The van der Waals surface area contributed by atoms with E-state index in [-0.39, 0.29) is 47.0 Å². The molecule has 0 bridgehead atoms. The van der Waals surface area contributed by atoms with E-state index in [9.17, 15) is 22.0 Å². The molecule has 1 aliphatic heterocycles. The molecule has 1 saturated heterocycles.